The van der Waals surface area contributed by atoms with Crippen molar-refractivity contribution >= 4 is 17.2 Å². The molecule has 2 aromatic heterocycles. The number of anilines is 1. The minimum atomic E-state index is 0.00324. The average Bonchev–Trinajstić information content (AvgIpc) is 2.93. The lowest BCUT2D eigenvalue weighted by Crippen LogP contribution is -2.32. The van der Waals surface area contributed by atoms with E-state index in [1.165, 1.54) is 0 Å². The van der Waals surface area contributed by atoms with E-state index < -0.39 is 0 Å². The van der Waals surface area contributed by atoms with Gasteiger partial charge in [0.25, 0.3) is 5.91 Å². The van der Waals surface area contributed by atoms with Gasteiger partial charge in [0.2, 0.25) is 0 Å². The summed E-state index contributed by atoms with van der Waals surface area (Å²) in [5.74, 6) is 0.00324. The van der Waals surface area contributed by atoms with Crippen LogP contribution in [0.15, 0.2) is 48.7 Å². The number of amides is 1. The number of hydrogen-bond acceptors (Lipinski definition) is 2. The molecule has 0 saturated carbocycles. The molecule has 0 N–H and O–H groups in total. The number of carbonyl (C=O) groups is 1. The Hall–Kier alpha value is -2.62. The number of pyridine rings is 1. The summed E-state index contributed by atoms with van der Waals surface area (Å²) >= 11 is 0. The van der Waals surface area contributed by atoms with Crippen LogP contribution in [0, 0.1) is 6.92 Å². The number of nitrogens with zero attached hydrogens (tertiary/aromatic N) is 3. The van der Waals surface area contributed by atoms with Gasteiger partial charge in [-0.25, -0.2) is 4.98 Å². The summed E-state index contributed by atoms with van der Waals surface area (Å²) in [6.07, 6.45) is 3.71. The van der Waals surface area contributed by atoms with E-state index in [1.807, 2.05) is 71.8 Å². The van der Waals surface area contributed by atoms with Gasteiger partial charge in [-0.05, 0) is 50.1 Å². The molecule has 0 aliphatic carbocycles. The van der Waals surface area contributed by atoms with Crippen LogP contribution in [-0.4, -0.2) is 21.8 Å². The summed E-state index contributed by atoms with van der Waals surface area (Å²) in [5.41, 5.74) is 4.45. The zero-order chi connectivity index (χ0) is 17.1. The second-order valence-corrected chi connectivity index (χ2v) is 5.97. The van der Waals surface area contributed by atoms with Crippen LogP contribution in [-0.2, 0) is 6.42 Å². The van der Waals surface area contributed by atoms with Crippen LogP contribution >= 0.6 is 0 Å². The maximum Gasteiger partial charge on any atom is 0.277 e. The fourth-order valence-corrected chi connectivity index (χ4v) is 3.01. The van der Waals surface area contributed by atoms with Gasteiger partial charge in [0.1, 0.15) is 11.3 Å². The number of hydrogen-bond donors (Lipinski definition) is 0. The SMILES string of the molecule is CCCc1nc2cc(C)ccn2c1C(=O)N(CC)c1ccccc1. The fourth-order valence-electron chi connectivity index (χ4n) is 3.01. The molecule has 0 fully saturated rings. The van der Waals surface area contributed by atoms with Crippen molar-refractivity contribution < 1.29 is 4.79 Å². The number of rotatable bonds is 5. The molecular weight excluding hydrogens is 298 g/mol. The zero-order valence-corrected chi connectivity index (χ0v) is 14.5. The number of fused-ring (bicyclic) bond motifs is 1. The topological polar surface area (TPSA) is 37.6 Å². The molecule has 0 radical (unpaired) electrons. The lowest BCUT2D eigenvalue weighted by atomic mass is 10.2. The third-order valence-electron chi connectivity index (χ3n) is 4.17. The summed E-state index contributed by atoms with van der Waals surface area (Å²) in [6, 6.07) is 13.8. The maximum atomic E-state index is 13.3. The van der Waals surface area contributed by atoms with E-state index in [4.69, 9.17) is 4.98 Å². The first-order chi connectivity index (χ1) is 11.7. The normalized spacial score (nSPS) is 11.0. The number of aryl methyl sites for hydroxylation is 2. The predicted octanol–water partition coefficient (Wildman–Crippen LogP) is 4.26. The van der Waals surface area contributed by atoms with Crippen molar-refractivity contribution in [1.29, 1.82) is 0 Å². The van der Waals surface area contributed by atoms with Gasteiger partial charge < -0.3 is 4.90 Å². The minimum Gasteiger partial charge on any atom is -0.307 e. The summed E-state index contributed by atoms with van der Waals surface area (Å²) in [5, 5.41) is 0. The average molecular weight is 321 g/mol. The van der Waals surface area contributed by atoms with Crippen molar-refractivity contribution in [2.45, 2.75) is 33.6 Å². The van der Waals surface area contributed by atoms with E-state index >= 15 is 0 Å². The molecule has 0 bridgehead atoms. The van der Waals surface area contributed by atoms with Crippen LogP contribution in [0.3, 0.4) is 0 Å². The summed E-state index contributed by atoms with van der Waals surface area (Å²) < 4.78 is 1.92. The smallest absolute Gasteiger partial charge is 0.277 e. The highest BCUT2D eigenvalue weighted by molar-refractivity contribution is 6.06. The molecule has 3 aromatic rings. The minimum absolute atomic E-state index is 0.00324. The van der Waals surface area contributed by atoms with Crippen LogP contribution in [0.5, 0.6) is 0 Å². The van der Waals surface area contributed by atoms with Crippen molar-refractivity contribution in [2.75, 3.05) is 11.4 Å². The van der Waals surface area contributed by atoms with Gasteiger partial charge in [0, 0.05) is 18.4 Å². The lowest BCUT2D eigenvalue weighted by molar-refractivity contribution is 0.0981. The Morgan fingerprint density at radius 1 is 1.17 bits per heavy atom. The van der Waals surface area contributed by atoms with Crippen LogP contribution in [0.2, 0.25) is 0 Å². The van der Waals surface area contributed by atoms with Crippen LogP contribution in [0.4, 0.5) is 5.69 Å². The third kappa shape index (κ3) is 2.92. The van der Waals surface area contributed by atoms with Crippen molar-refractivity contribution in [3.63, 3.8) is 0 Å². The highest BCUT2D eigenvalue weighted by Crippen LogP contribution is 2.21. The molecule has 0 atom stereocenters. The number of imidazole rings is 1. The van der Waals surface area contributed by atoms with Gasteiger partial charge in [0.15, 0.2) is 0 Å². The largest absolute Gasteiger partial charge is 0.307 e. The Labute approximate surface area is 142 Å². The van der Waals surface area contributed by atoms with E-state index in [0.717, 1.165) is 35.4 Å². The number of carbonyl (C=O) groups excluding carboxylic acids is 1. The quantitative estimate of drug-likeness (QED) is 0.704. The molecule has 3 rings (SSSR count). The zero-order valence-electron chi connectivity index (χ0n) is 14.5. The second kappa shape index (κ2) is 6.87. The highest BCUT2D eigenvalue weighted by Gasteiger charge is 2.24. The molecule has 4 heteroatoms. The molecule has 0 aliphatic heterocycles. The van der Waals surface area contributed by atoms with Gasteiger partial charge in [0.05, 0.1) is 5.69 Å². The Morgan fingerprint density at radius 2 is 1.92 bits per heavy atom. The summed E-state index contributed by atoms with van der Waals surface area (Å²) in [7, 11) is 0. The van der Waals surface area contributed by atoms with E-state index in [0.29, 0.717) is 12.2 Å². The maximum absolute atomic E-state index is 13.3. The standard InChI is InChI=1S/C20H23N3O/c1-4-9-17-19(23-13-12-15(3)14-18(23)21-17)20(24)22(5-2)16-10-7-6-8-11-16/h6-8,10-14H,4-5,9H2,1-3H3. The Morgan fingerprint density at radius 3 is 2.58 bits per heavy atom. The van der Waals surface area contributed by atoms with Gasteiger partial charge in [-0.3, -0.25) is 9.20 Å². The molecule has 2 heterocycles. The van der Waals surface area contributed by atoms with E-state index in [9.17, 15) is 4.79 Å². The van der Waals surface area contributed by atoms with Gasteiger partial charge in [-0.15, -0.1) is 0 Å². The molecule has 124 valence electrons. The first-order valence-corrected chi connectivity index (χ1v) is 8.50. The highest BCUT2D eigenvalue weighted by atomic mass is 16.2. The fraction of sp³-hybridized carbons (Fsp3) is 0.300. The van der Waals surface area contributed by atoms with Crippen molar-refractivity contribution in [3.8, 4) is 0 Å². The predicted molar refractivity (Wildman–Crippen MR) is 97.7 cm³/mol. The Kier molecular flexibility index (Phi) is 4.65. The Balaban J connectivity index is 2.12. The number of benzene rings is 1. The molecule has 1 aromatic carbocycles. The molecule has 4 nitrogen and oxygen atoms in total. The summed E-state index contributed by atoms with van der Waals surface area (Å²) in [4.78, 5) is 19.8. The third-order valence-corrected chi connectivity index (χ3v) is 4.17. The van der Waals surface area contributed by atoms with Crippen LogP contribution < -0.4 is 4.90 Å². The first-order valence-electron chi connectivity index (χ1n) is 8.50. The van der Waals surface area contributed by atoms with Gasteiger partial charge in [-0.1, -0.05) is 31.5 Å². The van der Waals surface area contributed by atoms with Crippen molar-refractivity contribution in [3.05, 3.63) is 65.6 Å². The van der Waals surface area contributed by atoms with Crippen molar-refractivity contribution in [2.24, 2.45) is 0 Å². The number of aromatic nitrogens is 2. The second-order valence-electron chi connectivity index (χ2n) is 5.97. The number of para-hydroxylation sites is 1. The van der Waals surface area contributed by atoms with Gasteiger partial charge in [-0.2, -0.15) is 0 Å². The summed E-state index contributed by atoms with van der Waals surface area (Å²) in [6.45, 7) is 6.77. The van der Waals surface area contributed by atoms with Crippen LogP contribution in [0.1, 0.15) is 42.0 Å². The van der Waals surface area contributed by atoms with E-state index in [-0.39, 0.29) is 5.91 Å². The molecular formula is C20H23N3O. The lowest BCUT2D eigenvalue weighted by Gasteiger charge is -2.21. The first kappa shape index (κ1) is 16.2. The van der Waals surface area contributed by atoms with Gasteiger partial charge >= 0.3 is 0 Å². The van der Waals surface area contributed by atoms with E-state index in [2.05, 4.69) is 6.92 Å². The van der Waals surface area contributed by atoms with Crippen molar-refractivity contribution in [1.82, 2.24) is 9.38 Å². The van der Waals surface area contributed by atoms with Crippen LogP contribution in [0.25, 0.3) is 5.65 Å². The molecule has 0 unspecified atom stereocenters. The van der Waals surface area contributed by atoms with E-state index in [1.54, 1.807) is 0 Å². The Bertz CT molecular complexity index is 852. The molecule has 1 amide bonds. The molecule has 0 spiro atoms. The molecule has 0 saturated heterocycles. The molecule has 0 aliphatic rings. The molecule has 24 heavy (non-hydrogen) atoms. The monoisotopic (exact) mass is 321 g/mol.